The third-order valence-corrected chi connectivity index (χ3v) is 18.1. The molecular weight excluding hydrogens is 1080 g/mol. The fraction of sp³-hybridized carbons (Fsp3) is 0. The van der Waals surface area contributed by atoms with Crippen LogP contribution in [0.15, 0.2) is 346 Å². The molecule has 0 saturated heterocycles. The number of nitrogens with zero attached hydrogens (tertiary/aromatic N) is 4. The van der Waals surface area contributed by atoms with Crippen molar-refractivity contribution < 1.29 is 0 Å². The van der Waals surface area contributed by atoms with Crippen LogP contribution in [0.4, 0.5) is 51.2 Å². The molecule has 0 bridgehead atoms. The second-order valence-electron chi connectivity index (χ2n) is 23.2. The number of rotatable bonds is 11. The number of fused-ring (bicyclic) bond motifs is 8. The lowest BCUT2D eigenvalue weighted by molar-refractivity contribution is 1.18. The van der Waals surface area contributed by atoms with Crippen LogP contribution >= 0.6 is 0 Å². The van der Waals surface area contributed by atoms with E-state index in [-0.39, 0.29) is 6.71 Å². The molecular formula is C84H57BN4. The van der Waals surface area contributed by atoms with Gasteiger partial charge < -0.3 is 19.3 Å². The summed E-state index contributed by atoms with van der Waals surface area (Å²) in [5.41, 5.74) is 28.6. The van der Waals surface area contributed by atoms with Gasteiger partial charge in [0.2, 0.25) is 0 Å². The second kappa shape index (κ2) is 21.7. The van der Waals surface area contributed by atoms with Crippen LogP contribution in [0.25, 0.3) is 83.1 Å². The summed E-state index contributed by atoms with van der Waals surface area (Å²) < 4.78 is 2.57. The Bertz CT molecular complexity index is 5020. The number of para-hydroxylation sites is 4. The number of anilines is 9. The molecule has 0 saturated carbocycles. The Hall–Kier alpha value is -11.7. The van der Waals surface area contributed by atoms with Crippen molar-refractivity contribution in [3.63, 3.8) is 0 Å². The van der Waals surface area contributed by atoms with Crippen molar-refractivity contribution in [2.24, 2.45) is 0 Å². The van der Waals surface area contributed by atoms with E-state index in [4.69, 9.17) is 0 Å². The van der Waals surface area contributed by atoms with Crippen LogP contribution < -0.4 is 31.1 Å². The van der Waals surface area contributed by atoms with Gasteiger partial charge in [0.25, 0.3) is 6.71 Å². The molecule has 0 spiro atoms. The lowest BCUT2D eigenvalue weighted by Crippen LogP contribution is -2.61. The van der Waals surface area contributed by atoms with Crippen LogP contribution in [-0.4, -0.2) is 11.3 Å². The Kier molecular flexibility index (Phi) is 12.6. The van der Waals surface area contributed by atoms with Crippen molar-refractivity contribution >= 4 is 96.1 Å². The Morgan fingerprint density at radius 2 is 0.708 bits per heavy atom. The van der Waals surface area contributed by atoms with Crippen LogP contribution in [0, 0.1) is 0 Å². The van der Waals surface area contributed by atoms with Crippen LogP contribution in [0.2, 0.25) is 0 Å². The lowest BCUT2D eigenvalue weighted by atomic mass is 9.33. The minimum Gasteiger partial charge on any atom is -0.311 e. The van der Waals surface area contributed by atoms with E-state index < -0.39 is 0 Å². The van der Waals surface area contributed by atoms with Crippen LogP contribution in [0.3, 0.4) is 0 Å². The van der Waals surface area contributed by atoms with Gasteiger partial charge in [-0.3, -0.25) is 0 Å². The van der Waals surface area contributed by atoms with Crippen molar-refractivity contribution in [1.82, 2.24) is 4.57 Å². The molecule has 0 aliphatic carbocycles. The maximum absolute atomic E-state index is 2.63. The van der Waals surface area contributed by atoms with Gasteiger partial charge in [-0.25, -0.2) is 0 Å². The number of benzene rings is 14. The van der Waals surface area contributed by atoms with Crippen molar-refractivity contribution in [2.45, 2.75) is 0 Å². The summed E-state index contributed by atoms with van der Waals surface area (Å²) in [6, 6.07) is 127. The molecule has 2 aliphatic rings. The Morgan fingerprint density at radius 3 is 1.29 bits per heavy atom. The van der Waals surface area contributed by atoms with Gasteiger partial charge in [0.15, 0.2) is 0 Å². The molecule has 2 aliphatic heterocycles. The van der Waals surface area contributed by atoms with Gasteiger partial charge in [0.1, 0.15) is 0 Å². The van der Waals surface area contributed by atoms with E-state index in [1.54, 1.807) is 0 Å². The summed E-state index contributed by atoms with van der Waals surface area (Å²) in [6.45, 7) is -0.192. The molecule has 15 aromatic rings. The quantitative estimate of drug-likeness (QED) is 0.120. The zero-order valence-electron chi connectivity index (χ0n) is 48.8. The molecule has 416 valence electrons. The lowest BCUT2D eigenvalue weighted by Gasteiger charge is -2.45. The zero-order valence-corrected chi connectivity index (χ0v) is 48.8. The SMILES string of the molecule is c1ccc(-c2ccc(N3c4cc(-c5ccccc5)ccc4B4c5ccc6c(c5N(c5cccc(-c7ccccc7)c5)c5cc(N(c7ccccc7)c7ccccc7)cc3c54)c3ccccc3n6-c3c(-c4ccccc4)cccc3-c3ccccc3)cc2)cc1. The smallest absolute Gasteiger partial charge is 0.252 e. The molecule has 0 amide bonds. The van der Waals surface area contributed by atoms with Gasteiger partial charge in [0, 0.05) is 61.7 Å². The van der Waals surface area contributed by atoms with Crippen LogP contribution in [0.5, 0.6) is 0 Å². The Morgan fingerprint density at radius 1 is 0.258 bits per heavy atom. The van der Waals surface area contributed by atoms with E-state index in [1.165, 1.54) is 43.9 Å². The van der Waals surface area contributed by atoms with E-state index >= 15 is 0 Å². The van der Waals surface area contributed by atoms with Gasteiger partial charge in [-0.2, -0.15) is 0 Å². The largest absolute Gasteiger partial charge is 0.311 e. The highest BCUT2D eigenvalue weighted by Crippen LogP contribution is 2.52. The summed E-state index contributed by atoms with van der Waals surface area (Å²) in [6.07, 6.45) is 0. The summed E-state index contributed by atoms with van der Waals surface area (Å²) in [4.78, 5) is 7.63. The molecule has 17 rings (SSSR count). The predicted molar refractivity (Wildman–Crippen MR) is 377 cm³/mol. The van der Waals surface area contributed by atoms with E-state index in [2.05, 4.69) is 365 Å². The third kappa shape index (κ3) is 8.77. The summed E-state index contributed by atoms with van der Waals surface area (Å²) in [7, 11) is 0. The molecule has 3 heterocycles. The average molecular weight is 1130 g/mol. The Balaban J connectivity index is 1.03. The van der Waals surface area contributed by atoms with Gasteiger partial charge in [-0.05, 0) is 140 Å². The van der Waals surface area contributed by atoms with Crippen LogP contribution in [-0.2, 0) is 0 Å². The fourth-order valence-corrected chi connectivity index (χ4v) is 14.2. The molecule has 5 heteroatoms. The van der Waals surface area contributed by atoms with E-state index in [0.717, 1.165) is 107 Å². The fourth-order valence-electron chi connectivity index (χ4n) is 14.2. The first kappa shape index (κ1) is 51.7. The van der Waals surface area contributed by atoms with Crippen LogP contribution in [0.1, 0.15) is 0 Å². The van der Waals surface area contributed by atoms with E-state index in [9.17, 15) is 0 Å². The predicted octanol–water partition coefficient (Wildman–Crippen LogP) is 20.7. The first-order valence-electron chi connectivity index (χ1n) is 30.7. The molecule has 0 N–H and O–H groups in total. The first-order valence-corrected chi connectivity index (χ1v) is 30.7. The highest BCUT2D eigenvalue weighted by molar-refractivity contribution is 7.00. The normalized spacial score (nSPS) is 12.2. The highest BCUT2D eigenvalue weighted by atomic mass is 15.2. The summed E-state index contributed by atoms with van der Waals surface area (Å²) >= 11 is 0. The van der Waals surface area contributed by atoms with E-state index in [1.807, 2.05) is 0 Å². The van der Waals surface area contributed by atoms with Gasteiger partial charge >= 0.3 is 0 Å². The molecule has 1 aromatic heterocycles. The molecule has 4 nitrogen and oxygen atoms in total. The monoisotopic (exact) mass is 1130 g/mol. The molecule has 14 aromatic carbocycles. The highest BCUT2D eigenvalue weighted by Gasteiger charge is 2.45. The summed E-state index contributed by atoms with van der Waals surface area (Å²) in [5, 5.41) is 2.36. The van der Waals surface area contributed by atoms with Gasteiger partial charge in [-0.15, -0.1) is 0 Å². The molecule has 0 fully saturated rings. The van der Waals surface area contributed by atoms with E-state index in [0.29, 0.717) is 0 Å². The Labute approximate surface area is 519 Å². The minimum atomic E-state index is -0.192. The van der Waals surface area contributed by atoms with Crippen molar-refractivity contribution in [1.29, 1.82) is 0 Å². The molecule has 0 radical (unpaired) electrons. The van der Waals surface area contributed by atoms with Crippen molar-refractivity contribution in [3.05, 3.63) is 346 Å². The molecule has 89 heavy (non-hydrogen) atoms. The third-order valence-electron chi connectivity index (χ3n) is 18.1. The maximum Gasteiger partial charge on any atom is 0.252 e. The van der Waals surface area contributed by atoms with Crippen molar-refractivity contribution in [3.8, 4) is 61.3 Å². The number of hydrogen-bond acceptors (Lipinski definition) is 3. The standard InChI is InChI=1S/C84H57BN4/c1-8-26-58(27-9-1)61-46-49-68(50-47-61)87-78-55-65(60-30-12-3-13-31-60)48-51-74(78)85-75-52-53-77-81(73-42-22-23-45-76(73)89(77)83-71(62-32-14-4-15-33-62)43-25-44-72(83)63-34-16-5-17-35-63)84(75)88(69-41-24-36-64(54-69)59-28-10-2-11-29-59)80-57-70(56-79(87)82(80)85)86(66-37-18-6-19-38-66)67-39-20-7-21-40-67/h1-57H. The molecule has 0 atom stereocenters. The maximum atomic E-state index is 2.63. The van der Waals surface area contributed by atoms with Crippen molar-refractivity contribution in [2.75, 3.05) is 14.7 Å². The number of aromatic nitrogens is 1. The minimum absolute atomic E-state index is 0.192. The topological polar surface area (TPSA) is 14.7 Å². The number of hydrogen-bond donors (Lipinski definition) is 0. The zero-order chi connectivity index (χ0) is 58.8. The average Bonchev–Trinajstić information content (AvgIpc) is 1.64. The molecule has 0 unspecified atom stereocenters. The summed E-state index contributed by atoms with van der Waals surface area (Å²) in [5.74, 6) is 0. The van der Waals surface area contributed by atoms with Gasteiger partial charge in [0.05, 0.1) is 28.1 Å². The van der Waals surface area contributed by atoms with Gasteiger partial charge in [-0.1, -0.05) is 267 Å². The first-order chi connectivity index (χ1) is 44.2. The second-order valence-corrected chi connectivity index (χ2v) is 23.2.